The Labute approximate surface area is 133 Å². The zero-order valence-corrected chi connectivity index (χ0v) is 14.7. The summed E-state index contributed by atoms with van der Waals surface area (Å²) in [5.41, 5.74) is 1.41. The fourth-order valence-electron chi connectivity index (χ4n) is 1.73. The van der Waals surface area contributed by atoms with Gasteiger partial charge >= 0.3 is 0 Å². The standard InChI is InChI=1S/C16H20BrNOS/c1-11-14(7-8-19-11)20-15-9-13(17)6-5-12(15)10-18-16(2,3)4/h5-9,18H,10H2,1-4H3. The molecule has 1 aromatic heterocycles. The second kappa shape index (κ2) is 6.37. The predicted octanol–water partition coefficient (Wildman–Crippen LogP) is 5.39. The van der Waals surface area contributed by atoms with Crippen molar-refractivity contribution in [1.82, 2.24) is 5.32 Å². The first-order valence-electron chi connectivity index (χ1n) is 6.60. The van der Waals surface area contributed by atoms with Crippen molar-refractivity contribution in [2.75, 3.05) is 0 Å². The quantitative estimate of drug-likeness (QED) is 0.797. The highest BCUT2D eigenvalue weighted by molar-refractivity contribution is 9.10. The Morgan fingerprint density at radius 1 is 1.20 bits per heavy atom. The van der Waals surface area contributed by atoms with E-state index in [4.69, 9.17) is 4.42 Å². The smallest absolute Gasteiger partial charge is 0.114 e. The molecular weight excluding hydrogens is 334 g/mol. The van der Waals surface area contributed by atoms with E-state index in [1.165, 1.54) is 15.4 Å². The van der Waals surface area contributed by atoms with Gasteiger partial charge in [0, 0.05) is 21.5 Å². The number of hydrogen-bond acceptors (Lipinski definition) is 3. The first-order chi connectivity index (χ1) is 9.35. The molecule has 0 radical (unpaired) electrons. The number of aryl methyl sites for hydroxylation is 1. The van der Waals surface area contributed by atoms with Gasteiger partial charge in [-0.3, -0.25) is 0 Å². The number of rotatable bonds is 4. The maximum atomic E-state index is 5.37. The molecular formula is C16H20BrNOS. The number of nitrogens with one attached hydrogen (secondary N) is 1. The van der Waals surface area contributed by atoms with Gasteiger partial charge in [-0.05, 0) is 51.5 Å². The summed E-state index contributed by atoms with van der Waals surface area (Å²) in [6.07, 6.45) is 1.74. The molecule has 4 heteroatoms. The normalized spacial score (nSPS) is 11.8. The van der Waals surface area contributed by atoms with Crippen LogP contribution in [0.5, 0.6) is 0 Å². The monoisotopic (exact) mass is 353 g/mol. The van der Waals surface area contributed by atoms with Crippen LogP contribution in [0.15, 0.2) is 49.2 Å². The van der Waals surface area contributed by atoms with Crippen molar-refractivity contribution in [1.29, 1.82) is 0 Å². The molecule has 0 unspecified atom stereocenters. The molecule has 2 nitrogen and oxygen atoms in total. The summed E-state index contributed by atoms with van der Waals surface area (Å²) >= 11 is 5.30. The van der Waals surface area contributed by atoms with Crippen molar-refractivity contribution in [3.05, 3.63) is 46.3 Å². The molecule has 2 rings (SSSR count). The van der Waals surface area contributed by atoms with Crippen LogP contribution in [-0.2, 0) is 6.54 Å². The molecule has 0 aliphatic carbocycles. The van der Waals surface area contributed by atoms with Crippen LogP contribution in [0.25, 0.3) is 0 Å². The van der Waals surface area contributed by atoms with Crippen molar-refractivity contribution >= 4 is 27.7 Å². The van der Waals surface area contributed by atoms with E-state index in [9.17, 15) is 0 Å². The minimum atomic E-state index is 0.112. The summed E-state index contributed by atoms with van der Waals surface area (Å²) in [5.74, 6) is 0.963. The summed E-state index contributed by atoms with van der Waals surface area (Å²) in [6, 6.07) is 8.44. The Bertz CT molecular complexity index is 586. The Kier molecular flexibility index (Phi) is 4.99. The molecule has 1 N–H and O–H groups in total. The van der Waals surface area contributed by atoms with Gasteiger partial charge in [0.1, 0.15) is 5.76 Å². The van der Waals surface area contributed by atoms with E-state index < -0.39 is 0 Å². The third-order valence-corrected chi connectivity index (χ3v) is 4.61. The average molecular weight is 354 g/mol. The van der Waals surface area contributed by atoms with E-state index in [0.717, 1.165) is 16.8 Å². The zero-order valence-electron chi connectivity index (χ0n) is 12.3. The van der Waals surface area contributed by atoms with Gasteiger partial charge in [-0.2, -0.15) is 0 Å². The summed E-state index contributed by atoms with van der Waals surface area (Å²) in [7, 11) is 0. The molecule has 0 aliphatic rings. The third-order valence-electron chi connectivity index (χ3n) is 2.87. The van der Waals surface area contributed by atoms with E-state index >= 15 is 0 Å². The predicted molar refractivity (Wildman–Crippen MR) is 88.3 cm³/mol. The second-order valence-electron chi connectivity index (χ2n) is 5.80. The highest BCUT2D eigenvalue weighted by atomic mass is 79.9. The average Bonchev–Trinajstić information content (AvgIpc) is 2.73. The molecule has 0 fully saturated rings. The van der Waals surface area contributed by atoms with Crippen LogP contribution in [0.1, 0.15) is 32.1 Å². The van der Waals surface area contributed by atoms with Gasteiger partial charge in [-0.25, -0.2) is 0 Å². The van der Waals surface area contributed by atoms with Gasteiger partial charge in [0.05, 0.1) is 11.2 Å². The van der Waals surface area contributed by atoms with Crippen LogP contribution in [-0.4, -0.2) is 5.54 Å². The van der Waals surface area contributed by atoms with Crippen LogP contribution >= 0.6 is 27.7 Å². The molecule has 20 heavy (non-hydrogen) atoms. The highest BCUT2D eigenvalue weighted by Crippen LogP contribution is 2.35. The van der Waals surface area contributed by atoms with Crippen molar-refractivity contribution in [3.63, 3.8) is 0 Å². The van der Waals surface area contributed by atoms with Gasteiger partial charge in [-0.1, -0.05) is 33.8 Å². The lowest BCUT2D eigenvalue weighted by atomic mass is 10.1. The molecule has 2 aromatic rings. The van der Waals surface area contributed by atoms with E-state index in [-0.39, 0.29) is 5.54 Å². The third kappa shape index (κ3) is 4.40. The van der Waals surface area contributed by atoms with Crippen molar-refractivity contribution in [2.45, 2.75) is 49.6 Å². The number of halogens is 1. The molecule has 1 heterocycles. The van der Waals surface area contributed by atoms with Crippen LogP contribution in [0, 0.1) is 6.92 Å². The Hall–Kier alpha value is -0.710. The van der Waals surface area contributed by atoms with E-state index in [1.807, 2.05) is 13.0 Å². The molecule has 108 valence electrons. The largest absolute Gasteiger partial charge is 0.468 e. The zero-order chi connectivity index (χ0) is 14.8. The molecule has 0 saturated heterocycles. The van der Waals surface area contributed by atoms with Crippen molar-refractivity contribution < 1.29 is 4.42 Å². The van der Waals surface area contributed by atoms with Gasteiger partial charge in [-0.15, -0.1) is 0 Å². The summed E-state index contributed by atoms with van der Waals surface area (Å²) < 4.78 is 6.47. The fourth-order valence-corrected chi connectivity index (χ4v) is 3.25. The Morgan fingerprint density at radius 3 is 2.55 bits per heavy atom. The lowest BCUT2D eigenvalue weighted by Gasteiger charge is -2.21. The number of furan rings is 1. The number of benzene rings is 1. The number of hydrogen-bond donors (Lipinski definition) is 1. The minimum absolute atomic E-state index is 0.112. The molecule has 1 aromatic carbocycles. The SMILES string of the molecule is Cc1occc1Sc1cc(Br)ccc1CNC(C)(C)C. The van der Waals surface area contributed by atoms with Crippen LogP contribution in [0.4, 0.5) is 0 Å². The van der Waals surface area contributed by atoms with Crippen molar-refractivity contribution in [2.24, 2.45) is 0 Å². The lowest BCUT2D eigenvalue weighted by molar-refractivity contribution is 0.422. The van der Waals surface area contributed by atoms with Crippen LogP contribution < -0.4 is 5.32 Å². The topological polar surface area (TPSA) is 25.2 Å². The minimum Gasteiger partial charge on any atom is -0.468 e. The van der Waals surface area contributed by atoms with Gasteiger partial charge < -0.3 is 9.73 Å². The van der Waals surface area contributed by atoms with E-state index in [0.29, 0.717) is 0 Å². The first-order valence-corrected chi connectivity index (χ1v) is 8.21. The maximum absolute atomic E-state index is 5.37. The lowest BCUT2D eigenvalue weighted by Crippen LogP contribution is -2.35. The van der Waals surface area contributed by atoms with Crippen molar-refractivity contribution in [3.8, 4) is 0 Å². The molecule has 0 amide bonds. The molecule has 0 aliphatic heterocycles. The van der Waals surface area contributed by atoms with Crippen LogP contribution in [0.3, 0.4) is 0 Å². The molecule has 0 atom stereocenters. The maximum Gasteiger partial charge on any atom is 0.114 e. The second-order valence-corrected chi connectivity index (χ2v) is 7.80. The molecule has 0 bridgehead atoms. The van der Waals surface area contributed by atoms with E-state index in [1.54, 1.807) is 18.0 Å². The summed E-state index contributed by atoms with van der Waals surface area (Å²) in [5, 5.41) is 3.54. The van der Waals surface area contributed by atoms with E-state index in [2.05, 4.69) is 60.2 Å². The van der Waals surface area contributed by atoms with Gasteiger partial charge in [0.25, 0.3) is 0 Å². The fraction of sp³-hybridized carbons (Fsp3) is 0.375. The molecule has 0 spiro atoms. The highest BCUT2D eigenvalue weighted by Gasteiger charge is 2.12. The summed E-state index contributed by atoms with van der Waals surface area (Å²) in [6.45, 7) is 9.39. The first kappa shape index (κ1) is 15.7. The Morgan fingerprint density at radius 2 is 1.95 bits per heavy atom. The van der Waals surface area contributed by atoms with Crippen LogP contribution in [0.2, 0.25) is 0 Å². The van der Waals surface area contributed by atoms with Gasteiger partial charge in [0.2, 0.25) is 0 Å². The molecule has 0 saturated carbocycles. The summed E-state index contributed by atoms with van der Waals surface area (Å²) in [4.78, 5) is 2.42. The van der Waals surface area contributed by atoms with Gasteiger partial charge in [0.15, 0.2) is 0 Å². The Balaban J connectivity index is 2.22.